The SMILES string of the molecule is Cc1cc(O)c2c(c1)C(=O)c1c(c3cc4c(nccc14)NC[C@@H](O)[C@@]14CC[C@@H]5C#CC[C@]67CCC[C@@H]8CCc9[nH]cnc9[C@@]86c6[nH]c(c(c6CC7)[C@@H]51)C1=C[C@@]5(O3)O[C@@]3(C1=C4C[C@@]1(CCC4(CCCC4)C1)[C@H]3O)[C@@H](O)[C@H](O)[C@H]5O)C2=O. The summed E-state index contributed by atoms with van der Waals surface area (Å²) in [5.41, 5.74) is 3.32. The van der Waals surface area contributed by atoms with E-state index in [1.807, 2.05) is 6.33 Å². The molecule has 5 fully saturated rings. The number of hydrogen-bond acceptors (Lipinski definition) is 13. The van der Waals surface area contributed by atoms with E-state index in [4.69, 9.17) is 19.4 Å². The number of aromatic hydroxyl groups is 1. The summed E-state index contributed by atoms with van der Waals surface area (Å²) in [6.45, 7) is 1.73. The molecule has 80 heavy (non-hydrogen) atoms. The van der Waals surface area contributed by atoms with Gasteiger partial charge in [-0.3, -0.25) is 9.59 Å². The summed E-state index contributed by atoms with van der Waals surface area (Å²) in [6, 6.07) is 6.27. The summed E-state index contributed by atoms with van der Waals surface area (Å²) < 4.78 is 15.1. The standard InChI is InChI=1S/C65H65N5O10/c1-30-22-36-43(40(71)23-30)51(74)46-41-24-35-33(44(46)50(36)73)12-21-66-57(35)67-27-42(72)62-18-10-31-6-4-15-61-16-5-7-32-8-9-39-54(69-29-68-39)64(32,61)53-34(11-17-61)45(47(31)62)49(70-53)37-25-63(79-41)55(76)52(75)56(77)65(80-63)48(37)38(62)26-60(58(65)78)20-19-59(28-60)13-2-3-14-59/h12,21-25,29,31-32,42,47,52,55-56,58,70-72,75-78H,2-3,5,7-11,13-20,26-28H2,1H3,(H,66,67)(H,68,69)/t31-,32+,42+,47+,52+,55+,56-,58+,60+,61+,62-,63+,64-,65-/m0/s1. The lowest BCUT2D eigenvalue weighted by Crippen LogP contribution is -2.79. The molecular weight excluding hydrogens is 1010 g/mol. The molecule has 15 nitrogen and oxygen atoms in total. The Morgan fingerprint density at radius 2 is 1.71 bits per heavy atom. The third-order valence-corrected chi connectivity index (χ3v) is 24.3. The van der Waals surface area contributed by atoms with E-state index >= 15 is 9.59 Å². The Hall–Kier alpha value is -6.12. The maximum atomic E-state index is 15.5. The number of aliphatic hydroxyl groups excluding tert-OH is 5. The molecule has 4 saturated carbocycles. The minimum Gasteiger partial charge on any atom is -0.507 e. The number of nitrogens with one attached hydrogen (secondary N) is 3. The Labute approximate surface area is 461 Å². The Morgan fingerprint density at radius 3 is 2.58 bits per heavy atom. The summed E-state index contributed by atoms with van der Waals surface area (Å²) in [5, 5.41) is 84.0. The molecule has 9 N–H and O–H groups in total. The van der Waals surface area contributed by atoms with Crippen LogP contribution in [0.15, 0.2) is 54.0 Å². The number of benzene rings is 2. The highest BCUT2D eigenvalue weighted by atomic mass is 16.7. The molecule has 2 aromatic carbocycles. The molecule has 7 heterocycles. The molecule has 15 heteroatoms. The fraction of sp³-hybridized carbons (Fsp3) is 0.538. The van der Waals surface area contributed by atoms with E-state index in [0.717, 1.165) is 111 Å². The number of imidazole rings is 1. The van der Waals surface area contributed by atoms with Crippen molar-refractivity contribution in [2.75, 3.05) is 11.9 Å². The minimum atomic E-state index is -2.47. The second kappa shape index (κ2) is 15.1. The first-order valence-electron chi connectivity index (χ1n) is 29.8. The van der Waals surface area contributed by atoms with Crippen molar-refractivity contribution in [3.8, 4) is 23.3 Å². The number of H-pyrrole nitrogens is 2. The number of ketones is 2. The zero-order valence-corrected chi connectivity index (χ0v) is 44.8. The van der Waals surface area contributed by atoms with Crippen LogP contribution in [0.3, 0.4) is 0 Å². The van der Waals surface area contributed by atoms with Gasteiger partial charge in [-0.15, -0.1) is 5.92 Å². The second-order valence-electron chi connectivity index (χ2n) is 27.4. The number of fused-ring (bicyclic) bond motifs is 8. The number of anilines is 1. The van der Waals surface area contributed by atoms with Crippen molar-refractivity contribution < 1.29 is 49.7 Å². The van der Waals surface area contributed by atoms with Crippen molar-refractivity contribution in [2.24, 2.45) is 33.5 Å². The molecule has 20 rings (SSSR count). The van der Waals surface area contributed by atoms with E-state index in [-0.39, 0.29) is 63.0 Å². The molecule has 15 aliphatic rings. The predicted molar refractivity (Wildman–Crippen MR) is 291 cm³/mol. The third kappa shape index (κ3) is 5.19. The first-order chi connectivity index (χ1) is 38.6. The molecule has 5 aromatic rings. The first-order valence-corrected chi connectivity index (χ1v) is 29.8. The number of carbonyl (C=O) groups excluding carboxylic acids is 2. The van der Waals surface area contributed by atoms with Gasteiger partial charge >= 0.3 is 0 Å². The number of carbonyl (C=O) groups is 2. The number of nitrogens with zero attached hydrogens (tertiary/aromatic N) is 2. The molecule has 7 spiro atoms. The van der Waals surface area contributed by atoms with Gasteiger partial charge < -0.3 is 55.4 Å². The number of phenolic OH excluding ortho intramolecular Hbond substituents is 1. The Morgan fingerprint density at radius 1 is 0.850 bits per heavy atom. The quantitative estimate of drug-likeness (QED) is 0.0669. The van der Waals surface area contributed by atoms with Crippen LogP contribution in [0.25, 0.3) is 16.3 Å². The second-order valence-corrected chi connectivity index (χ2v) is 27.4. The molecule has 0 radical (unpaired) electrons. The molecular formula is C65H65N5O10. The number of ether oxygens (including phenoxy) is 2. The largest absolute Gasteiger partial charge is 0.507 e. The molecule has 410 valence electrons. The van der Waals surface area contributed by atoms with Crippen LogP contribution >= 0.6 is 0 Å². The number of hydrogen-bond donors (Lipinski definition) is 9. The molecule has 3 aromatic heterocycles. The zero-order chi connectivity index (χ0) is 54.0. The fourth-order valence-electron chi connectivity index (χ4n) is 21.4. The molecule has 1 saturated heterocycles. The van der Waals surface area contributed by atoms with Crippen LogP contribution in [0.5, 0.6) is 11.5 Å². The van der Waals surface area contributed by atoms with Crippen LogP contribution in [-0.4, -0.2) is 111 Å². The predicted octanol–water partition coefficient (Wildman–Crippen LogP) is 7.54. The maximum absolute atomic E-state index is 15.5. The Balaban J connectivity index is 0.993. The van der Waals surface area contributed by atoms with Crippen LogP contribution < -0.4 is 10.1 Å². The van der Waals surface area contributed by atoms with E-state index in [9.17, 15) is 30.6 Å². The summed E-state index contributed by atoms with van der Waals surface area (Å²) in [6.07, 6.45) is 11.7. The molecule has 0 unspecified atom stereocenters. The van der Waals surface area contributed by atoms with Gasteiger partial charge in [0.15, 0.2) is 17.5 Å². The van der Waals surface area contributed by atoms with Crippen molar-refractivity contribution in [3.63, 3.8) is 0 Å². The molecule has 12 bridgehead atoms. The molecule has 14 atom stereocenters. The summed E-state index contributed by atoms with van der Waals surface area (Å²) in [5.74, 6) is 3.57. The van der Waals surface area contributed by atoms with E-state index in [1.165, 1.54) is 11.6 Å². The fourth-order valence-corrected chi connectivity index (χ4v) is 21.4. The lowest BCUT2D eigenvalue weighted by molar-refractivity contribution is -0.366. The highest BCUT2D eigenvalue weighted by Gasteiger charge is 2.77. The molecule has 4 aliphatic heterocycles. The highest BCUT2D eigenvalue weighted by molar-refractivity contribution is 6.34. The average Bonchev–Trinajstić information content (AvgIpc) is 3.52. The number of pyridine rings is 1. The average molecular weight is 1080 g/mol. The number of aromatic nitrogens is 4. The van der Waals surface area contributed by atoms with Gasteiger partial charge in [0, 0.05) is 81.0 Å². The number of aliphatic hydroxyl groups is 5. The van der Waals surface area contributed by atoms with Crippen LogP contribution in [0.1, 0.15) is 180 Å². The number of rotatable bonds is 0. The van der Waals surface area contributed by atoms with Crippen LogP contribution in [0, 0.1) is 52.3 Å². The van der Waals surface area contributed by atoms with Crippen LogP contribution in [0.4, 0.5) is 5.82 Å². The van der Waals surface area contributed by atoms with Gasteiger partial charge in [0.2, 0.25) is 5.78 Å². The van der Waals surface area contributed by atoms with E-state index in [0.29, 0.717) is 71.8 Å². The van der Waals surface area contributed by atoms with Crippen molar-refractivity contribution >= 4 is 33.7 Å². The lowest BCUT2D eigenvalue weighted by atomic mass is 9.42. The van der Waals surface area contributed by atoms with Gasteiger partial charge in [-0.05, 0) is 172 Å². The summed E-state index contributed by atoms with van der Waals surface area (Å²) in [4.78, 5) is 48.8. The van der Waals surface area contributed by atoms with Crippen molar-refractivity contribution in [1.82, 2.24) is 19.9 Å². The van der Waals surface area contributed by atoms with E-state index in [2.05, 4.69) is 27.1 Å². The van der Waals surface area contributed by atoms with Crippen LogP contribution in [-0.2, 0) is 23.0 Å². The Bertz CT molecular complexity index is 3870. The van der Waals surface area contributed by atoms with Crippen molar-refractivity contribution in [3.05, 3.63) is 116 Å². The number of aryl methyl sites for hydroxylation is 2. The normalized spacial score (nSPS) is 40.4. The summed E-state index contributed by atoms with van der Waals surface area (Å²) in [7, 11) is 0. The third-order valence-electron chi connectivity index (χ3n) is 24.3. The maximum Gasteiger partial charge on any atom is 0.261 e. The van der Waals surface area contributed by atoms with Crippen molar-refractivity contribution in [1.29, 1.82) is 0 Å². The molecule has 11 aliphatic carbocycles. The topological polar surface area (TPSA) is 243 Å². The van der Waals surface area contributed by atoms with Crippen molar-refractivity contribution in [2.45, 2.75) is 176 Å². The van der Waals surface area contributed by atoms with E-state index in [1.54, 1.807) is 37.4 Å². The Kier molecular flexibility index (Phi) is 8.97. The minimum absolute atomic E-state index is 0.00992. The highest BCUT2D eigenvalue weighted by Crippen LogP contribution is 2.76. The summed E-state index contributed by atoms with van der Waals surface area (Å²) >= 11 is 0. The first kappa shape index (κ1) is 47.5. The van der Waals surface area contributed by atoms with Gasteiger partial charge in [0.25, 0.3) is 5.79 Å². The van der Waals surface area contributed by atoms with Gasteiger partial charge in [-0.2, -0.15) is 0 Å². The number of aromatic amines is 2. The monoisotopic (exact) mass is 1080 g/mol. The van der Waals surface area contributed by atoms with Gasteiger partial charge in [0.1, 0.15) is 29.5 Å². The lowest BCUT2D eigenvalue weighted by Gasteiger charge is -2.64. The smallest absolute Gasteiger partial charge is 0.261 e. The molecule has 0 amide bonds. The number of phenols is 1. The van der Waals surface area contributed by atoms with Gasteiger partial charge in [0.05, 0.1) is 40.8 Å². The van der Waals surface area contributed by atoms with E-state index < -0.39 is 75.6 Å². The van der Waals surface area contributed by atoms with Gasteiger partial charge in [-0.25, -0.2) is 9.97 Å². The van der Waals surface area contributed by atoms with Gasteiger partial charge in [-0.1, -0.05) is 30.8 Å². The van der Waals surface area contributed by atoms with Crippen LogP contribution in [0.2, 0.25) is 0 Å². The zero-order valence-electron chi connectivity index (χ0n) is 44.8.